The van der Waals surface area contributed by atoms with Crippen molar-refractivity contribution in [3.8, 4) is 0 Å². The molecule has 1 aromatic heterocycles. The fourth-order valence-corrected chi connectivity index (χ4v) is 2.67. The van der Waals surface area contributed by atoms with E-state index in [1.807, 2.05) is 6.92 Å². The van der Waals surface area contributed by atoms with E-state index < -0.39 is 5.91 Å². The molecule has 0 aliphatic carbocycles. The molecule has 0 saturated heterocycles. The Morgan fingerprint density at radius 2 is 2.04 bits per heavy atom. The SMILES string of the molecule is CCN(CCC(=O)Nc1ccc(C(N)=O)cc1)Cc1nnsc1Cl. The Hall–Kier alpha value is -2.03. The lowest BCUT2D eigenvalue weighted by Gasteiger charge is -2.18. The van der Waals surface area contributed by atoms with Gasteiger partial charge in [0.2, 0.25) is 11.8 Å². The van der Waals surface area contributed by atoms with Gasteiger partial charge in [-0.25, -0.2) is 0 Å². The minimum Gasteiger partial charge on any atom is -0.366 e. The van der Waals surface area contributed by atoms with Crippen molar-refractivity contribution >= 4 is 40.6 Å². The summed E-state index contributed by atoms with van der Waals surface area (Å²) in [5, 5.41) is 6.77. The lowest BCUT2D eigenvalue weighted by Crippen LogP contribution is -2.27. The van der Waals surface area contributed by atoms with E-state index in [0.717, 1.165) is 23.8 Å². The molecular weight excluding hydrogens is 350 g/mol. The molecule has 1 heterocycles. The van der Waals surface area contributed by atoms with Crippen molar-refractivity contribution in [2.75, 3.05) is 18.4 Å². The second-order valence-electron chi connectivity index (χ2n) is 5.10. The van der Waals surface area contributed by atoms with Crippen LogP contribution in [0.25, 0.3) is 0 Å². The number of nitrogens with two attached hydrogens (primary N) is 1. The van der Waals surface area contributed by atoms with Crippen LogP contribution in [0.15, 0.2) is 24.3 Å². The van der Waals surface area contributed by atoms with Crippen LogP contribution >= 0.6 is 23.1 Å². The number of halogens is 1. The molecule has 0 unspecified atom stereocenters. The molecule has 128 valence electrons. The highest BCUT2D eigenvalue weighted by molar-refractivity contribution is 7.10. The van der Waals surface area contributed by atoms with E-state index in [1.54, 1.807) is 24.3 Å². The average Bonchev–Trinajstić information content (AvgIpc) is 2.96. The molecule has 7 nitrogen and oxygen atoms in total. The first-order chi connectivity index (χ1) is 11.5. The Labute approximate surface area is 149 Å². The predicted octanol–water partition coefficient (Wildman–Crippen LogP) is 2.14. The van der Waals surface area contributed by atoms with Gasteiger partial charge in [-0.05, 0) is 30.8 Å². The third kappa shape index (κ3) is 5.26. The average molecular weight is 368 g/mol. The van der Waals surface area contributed by atoms with E-state index in [9.17, 15) is 9.59 Å². The van der Waals surface area contributed by atoms with E-state index in [2.05, 4.69) is 19.8 Å². The Morgan fingerprint density at radius 3 is 2.58 bits per heavy atom. The summed E-state index contributed by atoms with van der Waals surface area (Å²) in [6.45, 7) is 3.92. The van der Waals surface area contributed by atoms with Crippen LogP contribution in [0.1, 0.15) is 29.4 Å². The second-order valence-corrected chi connectivity index (χ2v) is 6.46. The molecule has 9 heteroatoms. The van der Waals surface area contributed by atoms with Crippen LogP contribution in [0.4, 0.5) is 5.69 Å². The zero-order chi connectivity index (χ0) is 17.5. The highest BCUT2D eigenvalue weighted by atomic mass is 35.5. The molecule has 2 rings (SSSR count). The summed E-state index contributed by atoms with van der Waals surface area (Å²) >= 11 is 7.15. The third-order valence-electron chi connectivity index (χ3n) is 3.44. The summed E-state index contributed by atoms with van der Waals surface area (Å²) in [7, 11) is 0. The van der Waals surface area contributed by atoms with E-state index in [4.69, 9.17) is 17.3 Å². The molecule has 0 atom stereocenters. The van der Waals surface area contributed by atoms with Crippen molar-refractivity contribution < 1.29 is 9.59 Å². The fraction of sp³-hybridized carbons (Fsp3) is 0.333. The summed E-state index contributed by atoms with van der Waals surface area (Å²) in [5.74, 6) is -0.607. The maximum Gasteiger partial charge on any atom is 0.248 e. The van der Waals surface area contributed by atoms with Crippen LogP contribution in [0.3, 0.4) is 0 Å². The first kappa shape index (κ1) is 18.3. The van der Waals surface area contributed by atoms with Gasteiger partial charge in [0.25, 0.3) is 0 Å². The Bertz CT molecular complexity index is 704. The van der Waals surface area contributed by atoms with Gasteiger partial charge in [0.05, 0.1) is 0 Å². The van der Waals surface area contributed by atoms with Crippen LogP contribution in [-0.4, -0.2) is 39.4 Å². The molecule has 1 aromatic carbocycles. The van der Waals surface area contributed by atoms with E-state index in [1.165, 1.54) is 0 Å². The van der Waals surface area contributed by atoms with Gasteiger partial charge in [0.1, 0.15) is 10.0 Å². The Kier molecular flexibility index (Phi) is 6.65. The zero-order valence-corrected chi connectivity index (χ0v) is 14.7. The molecule has 24 heavy (non-hydrogen) atoms. The molecule has 2 amide bonds. The van der Waals surface area contributed by atoms with Crippen molar-refractivity contribution in [2.24, 2.45) is 5.73 Å². The summed E-state index contributed by atoms with van der Waals surface area (Å²) in [4.78, 5) is 25.1. The summed E-state index contributed by atoms with van der Waals surface area (Å²) in [6, 6.07) is 6.45. The molecule has 0 spiro atoms. The minimum absolute atomic E-state index is 0.109. The Balaban J connectivity index is 1.83. The number of carbonyl (C=O) groups is 2. The molecule has 0 saturated carbocycles. The zero-order valence-electron chi connectivity index (χ0n) is 13.2. The topological polar surface area (TPSA) is 101 Å². The van der Waals surface area contributed by atoms with Crippen molar-refractivity contribution in [3.63, 3.8) is 0 Å². The van der Waals surface area contributed by atoms with Crippen molar-refractivity contribution in [1.82, 2.24) is 14.5 Å². The van der Waals surface area contributed by atoms with Gasteiger partial charge in [-0.15, -0.1) is 5.10 Å². The van der Waals surface area contributed by atoms with E-state index in [-0.39, 0.29) is 5.91 Å². The number of hydrogen-bond acceptors (Lipinski definition) is 6. The molecular formula is C15H18ClN5O2S. The normalized spacial score (nSPS) is 10.8. The molecule has 3 N–H and O–H groups in total. The molecule has 0 aliphatic heterocycles. The van der Waals surface area contributed by atoms with Crippen LogP contribution in [0.2, 0.25) is 4.34 Å². The lowest BCUT2D eigenvalue weighted by molar-refractivity contribution is -0.116. The second kappa shape index (κ2) is 8.72. The molecule has 0 fully saturated rings. The standard InChI is InChI=1S/C15H18ClN5O2S/c1-2-21(9-12-14(16)24-20-19-12)8-7-13(22)18-11-5-3-10(4-6-11)15(17)23/h3-6H,2,7-9H2,1H3,(H2,17,23)(H,18,22). The summed E-state index contributed by atoms with van der Waals surface area (Å²) < 4.78 is 4.38. The number of benzene rings is 1. The molecule has 0 radical (unpaired) electrons. The van der Waals surface area contributed by atoms with Crippen LogP contribution in [0, 0.1) is 0 Å². The van der Waals surface area contributed by atoms with Crippen molar-refractivity contribution in [2.45, 2.75) is 19.9 Å². The van der Waals surface area contributed by atoms with Crippen LogP contribution < -0.4 is 11.1 Å². The van der Waals surface area contributed by atoms with Crippen LogP contribution in [-0.2, 0) is 11.3 Å². The number of carbonyl (C=O) groups excluding carboxylic acids is 2. The minimum atomic E-state index is -0.498. The van der Waals surface area contributed by atoms with E-state index >= 15 is 0 Å². The molecule has 0 aliphatic rings. The number of hydrogen-bond donors (Lipinski definition) is 2. The smallest absolute Gasteiger partial charge is 0.248 e. The first-order valence-corrected chi connectivity index (χ1v) is 8.53. The fourth-order valence-electron chi connectivity index (χ4n) is 2.05. The highest BCUT2D eigenvalue weighted by Crippen LogP contribution is 2.19. The van der Waals surface area contributed by atoms with Crippen LogP contribution in [0.5, 0.6) is 0 Å². The maximum absolute atomic E-state index is 12.0. The van der Waals surface area contributed by atoms with Gasteiger partial charge in [-0.3, -0.25) is 14.5 Å². The number of rotatable bonds is 8. The monoisotopic (exact) mass is 367 g/mol. The maximum atomic E-state index is 12.0. The molecule has 2 aromatic rings. The van der Waals surface area contributed by atoms with Crippen molar-refractivity contribution in [3.05, 3.63) is 39.9 Å². The quantitative estimate of drug-likeness (QED) is 0.744. The van der Waals surface area contributed by atoms with Gasteiger partial charge >= 0.3 is 0 Å². The summed E-state index contributed by atoms with van der Waals surface area (Å²) in [6.07, 6.45) is 0.334. The number of aromatic nitrogens is 2. The molecule has 0 bridgehead atoms. The largest absolute Gasteiger partial charge is 0.366 e. The first-order valence-electron chi connectivity index (χ1n) is 7.38. The van der Waals surface area contributed by atoms with Gasteiger partial charge in [0, 0.05) is 42.3 Å². The number of nitrogens with one attached hydrogen (secondary N) is 1. The highest BCUT2D eigenvalue weighted by Gasteiger charge is 2.12. The van der Waals surface area contributed by atoms with Gasteiger partial charge in [0.15, 0.2) is 0 Å². The third-order valence-corrected chi connectivity index (χ3v) is 4.42. The number of anilines is 1. The van der Waals surface area contributed by atoms with Gasteiger partial charge in [-0.2, -0.15) is 0 Å². The predicted molar refractivity (Wildman–Crippen MR) is 94.1 cm³/mol. The number of nitrogens with zero attached hydrogens (tertiary/aromatic N) is 3. The van der Waals surface area contributed by atoms with E-state index in [0.29, 0.717) is 35.1 Å². The van der Waals surface area contributed by atoms with Gasteiger partial charge < -0.3 is 11.1 Å². The number of amides is 2. The number of primary amides is 1. The summed E-state index contributed by atoms with van der Waals surface area (Å²) in [5.41, 5.74) is 6.93. The lowest BCUT2D eigenvalue weighted by atomic mass is 10.2. The van der Waals surface area contributed by atoms with Crippen molar-refractivity contribution in [1.29, 1.82) is 0 Å². The Morgan fingerprint density at radius 1 is 1.33 bits per heavy atom. The van der Waals surface area contributed by atoms with Gasteiger partial charge in [-0.1, -0.05) is 23.0 Å².